The van der Waals surface area contributed by atoms with Gasteiger partial charge in [-0.1, -0.05) is 19.1 Å². The molecule has 4 N–H and O–H groups in total. The Bertz CT molecular complexity index is 450. The molecule has 1 atom stereocenters. The van der Waals surface area contributed by atoms with Crippen molar-refractivity contribution < 1.29 is 9.90 Å². The van der Waals surface area contributed by atoms with Crippen LogP contribution in [-0.4, -0.2) is 26.5 Å². The van der Waals surface area contributed by atoms with Crippen LogP contribution < -0.4 is 11.1 Å². The molecule has 0 fully saturated rings. The van der Waals surface area contributed by atoms with E-state index in [0.29, 0.717) is 6.42 Å². The highest BCUT2D eigenvalue weighted by Gasteiger charge is 2.28. The third-order valence-corrected chi connectivity index (χ3v) is 3.14. The third-order valence-electron chi connectivity index (χ3n) is 2.69. The van der Waals surface area contributed by atoms with Gasteiger partial charge < -0.3 is 16.2 Å². The van der Waals surface area contributed by atoms with Crippen LogP contribution in [0.25, 0.3) is 0 Å². The van der Waals surface area contributed by atoms with Crippen molar-refractivity contribution in [3.8, 4) is 5.75 Å². The molecule has 1 amide bonds. The standard InChI is InChI=1S/C11H15N3O2S/c1-3-11(2,10(12)17)14-9(16)7-4-5-13-6-8(7)15/h4-6,15H,3H2,1-2H3,(H2,12,17)(H,14,16). The van der Waals surface area contributed by atoms with E-state index in [1.807, 2.05) is 6.92 Å². The number of rotatable bonds is 4. The van der Waals surface area contributed by atoms with Gasteiger partial charge >= 0.3 is 0 Å². The Balaban J connectivity index is 2.93. The van der Waals surface area contributed by atoms with E-state index in [4.69, 9.17) is 18.0 Å². The summed E-state index contributed by atoms with van der Waals surface area (Å²) >= 11 is 4.92. The van der Waals surface area contributed by atoms with E-state index in [-0.39, 0.29) is 16.3 Å². The van der Waals surface area contributed by atoms with Gasteiger partial charge in [-0.25, -0.2) is 0 Å². The van der Waals surface area contributed by atoms with Crippen molar-refractivity contribution in [2.45, 2.75) is 25.8 Å². The summed E-state index contributed by atoms with van der Waals surface area (Å²) in [7, 11) is 0. The lowest BCUT2D eigenvalue weighted by atomic mass is 9.98. The molecule has 1 aromatic rings. The molecule has 6 heteroatoms. The van der Waals surface area contributed by atoms with Crippen molar-refractivity contribution in [2.24, 2.45) is 5.73 Å². The number of thiocarbonyl (C=S) groups is 1. The lowest BCUT2D eigenvalue weighted by molar-refractivity contribution is 0.0923. The number of carbonyl (C=O) groups is 1. The van der Waals surface area contributed by atoms with Gasteiger partial charge in [-0.3, -0.25) is 9.78 Å². The SMILES string of the molecule is CCC(C)(NC(=O)c1ccncc1O)C(N)=S. The second kappa shape index (κ2) is 5.09. The summed E-state index contributed by atoms with van der Waals surface area (Å²) in [5.74, 6) is -0.603. The number of nitrogens with one attached hydrogen (secondary N) is 1. The van der Waals surface area contributed by atoms with Crippen molar-refractivity contribution in [3.05, 3.63) is 24.0 Å². The number of aromatic nitrogens is 1. The Hall–Kier alpha value is -1.69. The fourth-order valence-corrected chi connectivity index (χ4v) is 1.42. The molecule has 0 spiro atoms. The van der Waals surface area contributed by atoms with Crippen LogP contribution >= 0.6 is 12.2 Å². The quantitative estimate of drug-likeness (QED) is 0.696. The molecule has 1 rings (SSSR count). The minimum atomic E-state index is -0.762. The second-order valence-electron chi connectivity index (χ2n) is 3.90. The largest absolute Gasteiger partial charge is 0.505 e. The van der Waals surface area contributed by atoms with Gasteiger partial charge in [0.15, 0.2) is 0 Å². The minimum Gasteiger partial charge on any atom is -0.505 e. The van der Waals surface area contributed by atoms with Crippen LogP contribution in [0.2, 0.25) is 0 Å². The Labute approximate surface area is 105 Å². The second-order valence-corrected chi connectivity index (χ2v) is 4.34. The van der Waals surface area contributed by atoms with E-state index in [9.17, 15) is 9.90 Å². The molecule has 1 unspecified atom stereocenters. The Kier molecular flexibility index (Phi) is 4.01. The van der Waals surface area contributed by atoms with Crippen LogP contribution in [0, 0.1) is 0 Å². The van der Waals surface area contributed by atoms with Crippen molar-refractivity contribution in [1.29, 1.82) is 0 Å². The number of aromatic hydroxyl groups is 1. The molecule has 0 aliphatic heterocycles. The topological polar surface area (TPSA) is 88.2 Å². The van der Waals surface area contributed by atoms with Crippen molar-refractivity contribution in [2.75, 3.05) is 0 Å². The summed E-state index contributed by atoms with van der Waals surface area (Å²) in [6, 6.07) is 1.43. The summed E-state index contributed by atoms with van der Waals surface area (Å²) in [4.78, 5) is 15.8. The van der Waals surface area contributed by atoms with Gasteiger partial charge in [-0.15, -0.1) is 0 Å². The first-order chi connectivity index (χ1) is 7.90. The molecule has 0 saturated heterocycles. The molecule has 0 aliphatic rings. The van der Waals surface area contributed by atoms with E-state index in [2.05, 4.69) is 10.3 Å². The maximum Gasteiger partial charge on any atom is 0.255 e. The minimum absolute atomic E-state index is 0.149. The Morgan fingerprint density at radius 2 is 2.35 bits per heavy atom. The van der Waals surface area contributed by atoms with Gasteiger partial charge in [-0.2, -0.15) is 0 Å². The van der Waals surface area contributed by atoms with Gasteiger partial charge in [-0.05, 0) is 19.4 Å². The average molecular weight is 253 g/mol. The highest BCUT2D eigenvalue weighted by molar-refractivity contribution is 7.80. The zero-order chi connectivity index (χ0) is 13.1. The van der Waals surface area contributed by atoms with E-state index in [1.54, 1.807) is 6.92 Å². The number of pyridine rings is 1. The molecular formula is C11H15N3O2S. The summed E-state index contributed by atoms with van der Waals surface area (Å²) in [6.45, 7) is 3.61. The maximum atomic E-state index is 11.9. The average Bonchev–Trinajstić information content (AvgIpc) is 2.29. The van der Waals surface area contributed by atoms with Gasteiger partial charge in [0.2, 0.25) is 0 Å². The number of hydrogen-bond donors (Lipinski definition) is 3. The van der Waals surface area contributed by atoms with E-state index >= 15 is 0 Å². The van der Waals surface area contributed by atoms with E-state index in [0.717, 1.165) is 0 Å². The van der Waals surface area contributed by atoms with Crippen LogP contribution in [0.4, 0.5) is 0 Å². The van der Waals surface area contributed by atoms with Crippen LogP contribution in [0.3, 0.4) is 0 Å². The van der Waals surface area contributed by atoms with Gasteiger partial charge in [0.1, 0.15) is 5.75 Å². The molecule has 1 heterocycles. The van der Waals surface area contributed by atoms with Gasteiger partial charge in [0.05, 0.1) is 22.3 Å². The first-order valence-corrected chi connectivity index (χ1v) is 5.57. The molecular weight excluding hydrogens is 238 g/mol. The maximum absolute atomic E-state index is 11.9. The monoisotopic (exact) mass is 253 g/mol. The highest BCUT2D eigenvalue weighted by Crippen LogP contribution is 2.16. The molecule has 0 aliphatic carbocycles. The zero-order valence-corrected chi connectivity index (χ0v) is 10.5. The Morgan fingerprint density at radius 3 is 2.82 bits per heavy atom. The number of nitrogens with two attached hydrogens (primary N) is 1. The highest BCUT2D eigenvalue weighted by atomic mass is 32.1. The first-order valence-electron chi connectivity index (χ1n) is 5.16. The number of nitrogens with zero attached hydrogens (tertiary/aromatic N) is 1. The summed E-state index contributed by atoms with van der Waals surface area (Å²) < 4.78 is 0. The molecule has 0 bridgehead atoms. The smallest absolute Gasteiger partial charge is 0.255 e. The van der Waals surface area contributed by atoms with Gasteiger partial charge in [0.25, 0.3) is 5.91 Å². The van der Waals surface area contributed by atoms with E-state index in [1.165, 1.54) is 18.5 Å². The molecule has 17 heavy (non-hydrogen) atoms. The summed E-state index contributed by atoms with van der Waals surface area (Å²) in [6.07, 6.45) is 3.21. The van der Waals surface area contributed by atoms with Crippen molar-refractivity contribution in [3.63, 3.8) is 0 Å². The third kappa shape index (κ3) is 2.91. The zero-order valence-electron chi connectivity index (χ0n) is 9.73. The fraction of sp³-hybridized carbons (Fsp3) is 0.364. The predicted molar refractivity (Wildman–Crippen MR) is 68.8 cm³/mol. The molecule has 5 nitrogen and oxygen atoms in total. The first kappa shape index (κ1) is 13.4. The number of hydrogen-bond acceptors (Lipinski definition) is 4. The normalized spacial score (nSPS) is 13.8. The number of amides is 1. The molecule has 0 radical (unpaired) electrons. The summed E-state index contributed by atoms with van der Waals surface area (Å²) in [5, 5.41) is 12.2. The summed E-state index contributed by atoms with van der Waals surface area (Å²) in [5.41, 5.74) is 4.97. The number of carbonyl (C=O) groups excluding carboxylic acids is 1. The lowest BCUT2D eigenvalue weighted by Crippen LogP contribution is -2.54. The van der Waals surface area contributed by atoms with Crippen LogP contribution in [0.5, 0.6) is 5.75 Å². The van der Waals surface area contributed by atoms with E-state index < -0.39 is 11.4 Å². The fourth-order valence-electron chi connectivity index (χ4n) is 1.22. The molecule has 0 saturated carbocycles. The molecule has 0 aromatic carbocycles. The molecule has 1 aromatic heterocycles. The van der Waals surface area contributed by atoms with Gasteiger partial charge in [0, 0.05) is 6.20 Å². The predicted octanol–water partition coefficient (Wildman–Crippen LogP) is 0.972. The lowest BCUT2D eigenvalue weighted by Gasteiger charge is -2.28. The Morgan fingerprint density at radius 1 is 1.71 bits per heavy atom. The van der Waals surface area contributed by atoms with Crippen molar-refractivity contribution >= 4 is 23.1 Å². The van der Waals surface area contributed by atoms with Crippen molar-refractivity contribution in [1.82, 2.24) is 10.3 Å². The van der Waals surface area contributed by atoms with Crippen LogP contribution in [0.15, 0.2) is 18.5 Å². The van der Waals surface area contributed by atoms with Crippen LogP contribution in [-0.2, 0) is 0 Å². The van der Waals surface area contributed by atoms with Crippen LogP contribution in [0.1, 0.15) is 30.6 Å². The molecule has 92 valence electrons.